The Morgan fingerprint density at radius 2 is 2.28 bits per heavy atom. The van der Waals surface area contributed by atoms with Crippen molar-refractivity contribution >= 4 is 27.7 Å². The molecule has 2 N–H and O–H groups in total. The van der Waals surface area contributed by atoms with Crippen LogP contribution in [0.4, 0.5) is 5.82 Å². The third-order valence-electron chi connectivity index (χ3n) is 3.61. The summed E-state index contributed by atoms with van der Waals surface area (Å²) in [6.45, 7) is 4.87. The zero-order chi connectivity index (χ0) is 13.3. The predicted molar refractivity (Wildman–Crippen MR) is 75.4 cm³/mol. The lowest BCUT2D eigenvalue weighted by Gasteiger charge is -2.37. The summed E-state index contributed by atoms with van der Waals surface area (Å²) in [5.74, 6) is 0.654. The first kappa shape index (κ1) is 13.3. The lowest BCUT2D eigenvalue weighted by molar-refractivity contribution is -0.122. The number of hydrogen-bond acceptors (Lipinski definition) is 3. The number of aryl methyl sites for hydroxylation is 1. The van der Waals surface area contributed by atoms with Crippen LogP contribution in [0.5, 0.6) is 0 Å². The maximum atomic E-state index is 11.3. The molecule has 1 aromatic rings. The van der Waals surface area contributed by atoms with E-state index in [2.05, 4.69) is 32.7 Å². The summed E-state index contributed by atoms with van der Waals surface area (Å²) < 4.78 is 1.00. The van der Waals surface area contributed by atoms with Crippen LogP contribution in [0.3, 0.4) is 0 Å². The van der Waals surface area contributed by atoms with E-state index in [-0.39, 0.29) is 11.8 Å². The van der Waals surface area contributed by atoms with Gasteiger partial charge in [0.15, 0.2) is 0 Å². The number of pyridine rings is 1. The smallest absolute Gasteiger partial charge is 0.222 e. The Hall–Kier alpha value is -1.10. The van der Waals surface area contributed by atoms with E-state index in [1.165, 1.54) is 0 Å². The van der Waals surface area contributed by atoms with Crippen molar-refractivity contribution in [2.45, 2.75) is 32.7 Å². The molecule has 1 amide bonds. The second-order valence-electron chi connectivity index (χ2n) is 4.97. The first-order valence-corrected chi connectivity index (χ1v) is 6.96. The van der Waals surface area contributed by atoms with Gasteiger partial charge in [-0.2, -0.15) is 0 Å². The monoisotopic (exact) mass is 311 g/mol. The molecule has 0 aliphatic carbocycles. The summed E-state index contributed by atoms with van der Waals surface area (Å²) in [6.07, 6.45) is 3.66. The molecule has 4 nitrogen and oxygen atoms in total. The number of hydrogen-bond donors (Lipinski definition) is 1. The third kappa shape index (κ3) is 2.66. The molecule has 2 rings (SSSR count). The minimum Gasteiger partial charge on any atom is -0.369 e. The third-order valence-corrected chi connectivity index (χ3v) is 4.44. The van der Waals surface area contributed by atoms with E-state index in [4.69, 9.17) is 5.73 Å². The molecular formula is C13H18BrN3O. The highest BCUT2D eigenvalue weighted by atomic mass is 79.9. The molecule has 2 heterocycles. The number of primary amides is 1. The highest BCUT2D eigenvalue weighted by molar-refractivity contribution is 9.10. The van der Waals surface area contributed by atoms with Crippen molar-refractivity contribution in [3.05, 3.63) is 22.3 Å². The van der Waals surface area contributed by atoms with Crippen molar-refractivity contribution in [1.82, 2.24) is 4.98 Å². The number of halogens is 1. The SMILES string of the molecule is Cc1cc(N2CC(C(N)=O)CCC2C)ncc1Br. The molecule has 1 aliphatic heterocycles. The van der Waals surface area contributed by atoms with Gasteiger partial charge in [-0.25, -0.2) is 4.98 Å². The Balaban J connectivity index is 2.24. The molecule has 2 unspecified atom stereocenters. The van der Waals surface area contributed by atoms with Gasteiger partial charge in [0.2, 0.25) is 5.91 Å². The van der Waals surface area contributed by atoms with Crippen LogP contribution < -0.4 is 10.6 Å². The van der Waals surface area contributed by atoms with E-state index in [1.807, 2.05) is 19.2 Å². The Kier molecular flexibility index (Phi) is 3.90. The van der Waals surface area contributed by atoms with Crippen LogP contribution in [-0.4, -0.2) is 23.5 Å². The predicted octanol–water partition coefficient (Wildman–Crippen LogP) is 2.24. The lowest BCUT2D eigenvalue weighted by Crippen LogP contribution is -2.46. The van der Waals surface area contributed by atoms with Crippen molar-refractivity contribution in [1.29, 1.82) is 0 Å². The van der Waals surface area contributed by atoms with Crippen LogP contribution >= 0.6 is 15.9 Å². The molecule has 18 heavy (non-hydrogen) atoms. The Morgan fingerprint density at radius 3 is 2.89 bits per heavy atom. The molecule has 98 valence electrons. The normalized spacial score (nSPS) is 24.1. The molecular weight excluding hydrogens is 294 g/mol. The van der Waals surface area contributed by atoms with Gasteiger partial charge in [-0.15, -0.1) is 0 Å². The highest BCUT2D eigenvalue weighted by Crippen LogP contribution is 2.28. The molecule has 0 radical (unpaired) electrons. The van der Waals surface area contributed by atoms with E-state index in [1.54, 1.807) is 0 Å². The van der Waals surface area contributed by atoms with Crippen molar-refractivity contribution in [3.63, 3.8) is 0 Å². The average molecular weight is 312 g/mol. The summed E-state index contributed by atoms with van der Waals surface area (Å²) in [4.78, 5) is 17.9. The van der Waals surface area contributed by atoms with E-state index < -0.39 is 0 Å². The van der Waals surface area contributed by atoms with Crippen LogP contribution in [0, 0.1) is 12.8 Å². The van der Waals surface area contributed by atoms with Crippen LogP contribution in [0.1, 0.15) is 25.3 Å². The largest absolute Gasteiger partial charge is 0.369 e. The number of anilines is 1. The molecule has 0 aromatic carbocycles. The van der Waals surface area contributed by atoms with Crippen LogP contribution in [0.25, 0.3) is 0 Å². The summed E-state index contributed by atoms with van der Waals surface area (Å²) >= 11 is 3.45. The maximum Gasteiger partial charge on any atom is 0.222 e. The minimum absolute atomic E-state index is 0.0630. The first-order chi connectivity index (χ1) is 8.49. The molecule has 1 aromatic heterocycles. The molecule has 2 atom stereocenters. The van der Waals surface area contributed by atoms with Gasteiger partial charge in [-0.05, 0) is 54.2 Å². The highest BCUT2D eigenvalue weighted by Gasteiger charge is 2.29. The molecule has 0 bridgehead atoms. The van der Waals surface area contributed by atoms with E-state index >= 15 is 0 Å². The Morgan fingerprint density at radius 1 is 1.56 bits per heavy atom. The molecule has 1 aliphatic rings. The van der Waals surface area contributed by atoms with Gasteiger partial charge in [0.25, 0.3) is 0 Å². The zero-order valence-corrected chi connectivity index (χ0v) is 12.3. The number of nitrogens with two attached hydrogens (primary N) is 1. The average Bonchev–Trinajstić information content (AvgIpc) is 2.33. The Bertz CT molecular complexity index is 464. The number of carbonyl (C=O) groups excluding carboxylic acids is 1. The van der Waals surface area contributed by atoms with E-state index in [0.29, 0.717) is 12.6 Å². The number of rotatable bonds is 2. The van der Waals surface area contributed by atoms with Gasteiger partial charge in [-0.3, -0.25) is 4.79 Å². The molecule has 0 spiro atoms. The minimum atomic E-state index is -0.208. The summed E-state index contributed by atoms with van der Waals surface area (Å²) in [6, 6.07) is 2.44. The second kappa shape index (κ2) is 5.26. The van der Waals surface area contributed by atoms with Gasteiger partial charge in [-0.1, -0.05) is 0 Å². The standard InChI is InChI=1S/C13H18BrN3O/c1-8-5-12(16-6-11(8)14)17-7-10(13(15)18)4-3-9(17)2/h5-6,9-10H,3-4,7H2,1-2H3,(H2,15,18). The molecule has 1 saturated heterocycles. The topological polar surface area (TPSA) is 59.2 Å². The van der Waals surface area contributed by atoms with Gasteiger partial charge in [0.05, 0.1) is 5.92 Å². The molecule has 1 fully saturated rings. The zero-order valence-electron chi connectivity index (χ0n) is 10.7. The van der Waals surface area contributed by atoms with Crippen LogP contribution in [0.2, 0.25) is 0 Å². The summed E-state index contributed by atoms with van der Waals surface area (Å²) in [5.41, 5.74) is 6.56. The van der Waals surface area contributed by atoms with Crippen molar-refractivity contribution in [2.24, 2.45) is 11.7 Å². The van der Waals surface area contributed by atoms with E-state index in [9.17, 15) is 4.79 Å². The van der Waals surface area contributed by atoms with Crippen molar-refractivity contribution in [3.8, 4) is 0 Å². The fourth-order valence-corrected chi connectivity index (χ4v) is 2.56. The molecule has 5 heteroatoms. The van der Waals surface area contributed by atoms with Crippen LogP contribution in [-0.2, 0) is 4.79 Å². The fraction of sp³-hybridized carbons (Fsp3) is 0.538. The van der Waals surface area contributed by atoms with Gasteiger partial charge >= 0.3 is 0 Å². The number of amides is 1. The van der Waals surface area contributed by atoms with Crippen molar-refractivity contribution < 1.29 is 4.79 Å². The number of piperidine rings is 1. The first-order valence-electron chi connectivity index (χ1n) is 6.17. The Labute approximate surface area is 116 Å². The quantitative estimate of drug-likeness (QED) is 0.911. The number of nitrogens with zero attached hydrogens (tertiary/aromatic N) is 2. The maximum absolute atomic E-state index is 11.3. The van der Waals surface area contributed by atoms with E-state index in [0.717, 1.165) is 28.7 Å². The number of carbonyl (C=O) groups is 1. The van der Waals surface area contributed by atoms with Gasteiger partial charge in [0, 0.05) is 23.3 Å². The summed E-state index contributed by atoms with van der Waals surface area (Å²) in [7, 11) is 0. The number of aromatic nitrogens is 1. The van der Waals surface area contributed by atoms with Crippen LogP contribution in [0.15, 0.2) is 16.7 Å². The van der Waals surface area contributed by atoms with Gasteiger partial charge < -0.3 is 10.6 Å². The van der Waals surface area contributed by atoms with Gasteiger partial charge in [0.1, 0.15) is 5.82 Å². The summed E-state index contributed by atoms with van der Waals surface area (Å²) in [5, 5.41) is 0. The fourth-order valence-electron chi connectivity index (χ4n) is 2.34. The lowest BCUT2D eigenvalue weighted by atomic mass is 9.93. The second-order valence-corrected chi connectivity index (χ2v) is 5.82. The van der Waals surface area contributed by atoms with Crippen molar-refractivity contribution in [2.75, 3.05) is 11.4 Å². The molecule has 0 saturated carbocycles.